The summed E-state index contributed by atoms with van der Waals surface area (Å²) in [6, 6.07) is 14.0. The number of anilines is 3. The van der Waals surface area contributed by atoms with Crippen LogP contribution in [-0.2, 0) is 0 Å². The van der Waals surface area contributed by atoms with Crippen molar-refractivity contribution in [3.63, 3.8) is 0 Å². The van der Waals surface area contributed by atoms with Crippen molar-refractivity contribution < 1.29 is 20.6 Å². The average molecular weight is 563 g/mol. The van der Waals surface area contributed by atoms with Crippen molar-refractivity contribution in [2.75, 3.05) is 4.90 Å². The first kappa shape index (κ1) is 14.0. The largest absolute Gasteiger partial charge is 0.310 e. The number of benzene rings is 8. The summed E-state index contributed by atoms with van der Waals surface area (Å²) in [6.45, 7) is 0. The summed E-state index contributed by atoms with van der Waals surface area (Å²) in [5.41, 5.74) is -1.45. The fourth-order valence-corrected chi connectivity index (χ4v) is 5.32. The summed E-state index contributed by atoms with van der Waals surface area (Å²) in [6.07, 6.45) is 0. The lowest BCUT2D eigenvalue weighted by atomic mass is 9.97. The van der Waals surface area contributed by atoms with Crippen molar-refractivity contribution in [2.24, 2.45) is 0 Å². The molecule has 0 spiro atoms. The van der Waals surface area contributed by atoms with Crippen LogP contribution in [0.15, 0.2) is 176 Å². The van der Waals surface area contributed by atoms with Crippen molar-refractivity contribution in [3.8, 4) is 22.3 Å². The Labute approximate surface area is 273 Å². The molecule has 0 saturated carbocycles. The molecule has 0 aliphatic rings. The van der Waals surface area contributed by atoms with Gasteiger partial charge in [-0.25, -0.2) is 0 Å². The Kier molecular flexibility index (Phi) is 3.46. The van der Waals surface area contributed by atoms with Crippen LogP contribution in [0.1, 0.15) is 20.6 Å². The van der Waals surface area contributed by atoms with E-state index >= 15 is 0 Å². The van der Waals surface area contributed by atoms with Crippen LogP contribution in [0.25, 0.3) is 54.6 Å². The van der Waals surface area contributed by atoms with E-state index in [1.807, 2.05) is 30.3 Å². The molecule has 8 aromatic rings. The van der Waals surface area contributed by atoms with Crippen molar-refractivity contribution in [2.45, 2.75) is 0 Å². The van der Waals surface area contributed by atoms with Crippen molar-refractivity contribution in [1.29, 1.82) is 0 Å². The molecular formula is C42H29N. The number of nitrogens with zero attached hydrogens (tertiary/aromatic N) is 1. The SMILES string of the molecule is [2H]c1c([2H])c(-c2cccc3ccccc23)c([2H])c(N(c2c([2H])c([2H])c(-c3cccc4ccccc34)c([2H])c2[2H])c2c([2H])c([2H])c([2H])c3c([2H])c([2H])c([2H])c([2H])c23)c1[2H]. The summed E-state index contributed by atoms with van der Waals surface area (Å²) >= 11 is 0. The highest BCUT2D eigenvalue weighted by Crippen LogP contribution is 2.41. The molecule has 0 aromatic heterocycles. The Bertz CT molecular complexity index is 3040. The molecule has 202 valence electrons. The van der Waals surface area contributed by atoms with Crippen LogP contribution in [0, 0.1) is 0 Å². The van der Waals surface area contributed by atoms with Crippen LogP contribution in [0.5, 0.6) is 0 Å². The molecule has 0 radical (unpaired) electrons. The third-order valence-electron chi connectivity index (χ3n) is 7.31. The molecule has 0 aliphatic carbocycles. The van der Waals surface area contributed by atoms with E-state index in [1.165, 1.54) is 0 Å². The first-order valence-corrected chi connectivity index (χ1v) is 13.6. The monoisotopic (exact) mass is 562 g/mol. The normalized spacial score (nSPS) is 16.1. The van der Waals surface area contributed by atoms with Crippen molar-refractivity contribution in [1.82, 2.24) is 0 Å². The van der Waals surface area contributed by atoms with E-state index in [0.717, 1.165) is 15.7 Å². The fraction of sp³-hybridized carbons (Fsp3) is 0. The number of fused-ring (bicyclic) bond motifs is 3. The van der Waals surface area contributed by atoms with Gasteiger partial charge in [0.1, 0.15) is 0 Å². The zero-order chi connectivity index (χ0) is 41.6. The number of hydrogen-bond acceptors (Lipinski definition) is 1. The van der Waals surface area contributed by atoms with E-state index in [-0.39, 0.29) is 11.1 Å². The standard InChI is InChI=1S/C42H29N/c1-4-19-37-30(11-1)14-8-22-39(37)33-25-27-35(28-26-33)43(42-24-10-16-32-13-3-6-21-41(32)42)36-18-7-17-34(29-36)40-23-9-15-31-12-2-5-20-38(31)40/h1-29H/i3D,6D,7D,10D,13D,16D,17D,18D,21D,24D,25D,26D,27D,28D,29D. The molecule has 0 heterocycles. The predicted molar refractivity (Wildman–Crippen MR) is 185 cm³/mol. The minimum Gasteiger partial charge on any atom is -0.310 e. The Balaban J connectivity index is 1.59. The van der Waals surface area contributed by atoms with E-state index in [4.69, 9.17) is 11.0 Å². The van der Waals surface area contributed by atoms with Crippen LogP contribution in [0.4, 0.5) is 17.1 Å². The minimum atomic E-state index is -0.843. The lowest BCUT2D eigenvalue weighted by Crippen LogP contribution is -2.10. The molecule has 43 heavy (non-hydrogen) atoms. The number of hydrogen-bond donors (Lipinski definition) is 0. The quantitative estimate of drug-likeness (QED) is 0.202. The van der Waals surface area contributed by atoms with Crippen LogP contribution in [0.3, 0.4) is 0 Å². The summed E-state index contributed by atoms with van der Waals surface area (Å²) in [4.78, 5) is 0.813. The Hall–Kier alpha value is -5.66. The summed E-state index contributed by atoms with van der Waals surface area (Å²) in [7, 11) is 0. The Morgan fingerprint density at radius 2 is 1.00 bits per heavy atom. The van der Waals surface area contributed by atoms with Crippen molar-refractivity contribution in [3.05, 3.63) is 176 Å². The van der Waals surface area contributed by atoms with E-state index in [1.54, 1.807) is 54.6 Å². The van der Waals surface area contributed by atoms with Gasteiger partial charge in [0.05, 0.1) is 26.2 Å². The summed E-state index contributed by atoms with van der Waals surface area (Å²) in [5, 5.41) is 1.68. The van der Waals surface area contributed by atoms with Gasteiger partial charge >= 0.3 is 0 Å². The molecule has 0 N–H and O–H groups in total. The average Bonchev–Trinajstić information content (AvgIpc) is 3.22. The Morgan fingerprint density at radius 1 is 0.395 bits per heavy atom. The third kappa shape index (κ3) is 4.52. The highest BCUT2D eigenvalue weighted by atomic mass is 15.1. The molecule has 0 bridgehead atoms. The van der Waals surface area contributed by atoms with Gasteiger partial charge in [0, 0.05) is 16.8 Å². The zero-order valence-electron chi connectivity index (χ0n) is 37.5. The molecular weight excluding hydrogens is 518 g/mol. The summed E-state index contributed by atoms with van der Waals surface area (Å²) in [5.74, 6) is 0. The topological polar surface area (TPSA) is 3.24 Å². The second-order valence-corrected chi connectivity index (χ2v) is 9.81. The maximum absolute atomic E-state index is 9.75. The van der Waals surface area contributed by atoms with Gasteiger partial charge < -0.3 is 4.90 Å². The lowest BCUT2D eigenvalue weighted by molar-refractivity contribution is 1.30. The molecule has 1 nitrogen and oxygen atoms in total. The lowest BCUT2D eigenvalue weighted by Gasteiger charge is -2.27. The first-order chi connectivity index (χ1) is 27.6. The van der Waals surface area contributed by atoms with Crippen LogP contribution in [0.2, 0.25) is 0 Å². The number of rotatable bonds is 5. The van der Waals surface area contributed by atoms with Crippen LogP contribution < -0.4 is 4.90 Å². The van der Waals surface area contributed by atoms with Gasteiger partial charge in [0.25, 0.3) is 0 Å². The fourth-order valence-electron chi connectivity index (χ4n) is 5.32. The third-order valence-corrected chi connectivity index (χ3v) is 7.31. The first-order valence-electron chi connectivity index (χ1n) is 21.1. The maximum Gasteiger partial charge on any atom is 0.0651 e. The van der Waals surface area contributed by atoms with E-state index in [2.05, 4.69) is 0 Å². The zero-order valence-corrected chi connectivity index (χ0v) is 22.5. The molecule has 0 unspecified atom stereocenters. The van der Waals surface area contributed by atoms with E-state index in [0.29, 0.717) is 21.9 Å². The van der Waals surface area contributed by atoms with Gasteiger partial charge in [0.2, 0.25) is 0 Å². The molecule has 0 amide bonds. The van der Waals surface area contributed by atoms with Gasteiger partial charge in [-0.2, -0.15) is 0 Å². The van der Waals surface area contributed by atoms with Gasteiger partial charge in [-0.3, -0.25) is 0 Å². The molecule has 0 saturated heterocycles. The second kappa shape index (κ2) is 10.6. The van der Waals surface area contributed by atoms with E-state index < -0.39 is 118 Å². The smallest absolute Gasteiger partial charge is 0.0651 e. The van der Waals surface area contributed by atoms with E-state index in [9.17, 15) is 9.60 Å². The molecule has 8 rings (SSSR count). The highest BCUT2D eigenvalue weighted by Gasteiger charge is 2.17. The molecule has 0 fully saturated rings. The van der Waals surface area contributed by atoms with Gasteiger partial charge in [-0.1, -0.05) is 145 Å². The highest BCUT2D eigenvalue weighted by molar-refractivity contribution is 6.01. The van der Waals surface area contributed by atoms with Gasteiger partial charge in [0.15, 0.2) is 0 Å². The second-order valence-electron chi connectivity index (χ2n) is 9.81. The van der Waals surface area contributed by atoms with Gasteiger partial charge in [-0.05, 0) is 79.4 Å². The molecule has 0 aliphatic heterocycles. The predicted octanol–water partition coefficient (Wildman–Crippen LogP) is 11.9. The summed E-state index contributed by atoms with van der Waals surface area (Å²) < 4.78 is 137. The molecule has 8 aromatic carbocycles. The Morgan fingerprint density at radius 3 is 1.74 bits per heavy atom. The maximum atomic E-state index is 9.75. The van der Waals surface area contributed by atoms with Crippen LogP contribution in [-0.4, -0.2) is 0 Å². The minimum absolute atomic E-state index is 0.0904. The van der Waals surface area contributed by atoms with Gasteiger partial charge in [-0.15, -0.1) is 0 Å². The molecule has 0 atom stereocenters. The van der Waals surface area contributed by atoms with Crippen molar-refractivity contribution >= 4 is 49.4 Å². The molecule has 1 heteroatoms. The van der Waals surface area contributed by atoms with Crippen LogP contribution >= 0.6 is 0 Å².